The van der Waals surface area contributed by atoms with Gasteiger partial charge in [0.15, 0.2) is 0 Å². The molecule has 1 aromatic rings. The topological polar surface area (TPSA) is 49.8 Å². The first-order valence-corrected chi connectivity index (χ1v) is 4.44. The Kier molecular flexibility index (Phi) is 1.36. The molecule has 0 amide bonds. The molecule has 0 aromatic carbocycles. The van der Waals surface area contributed by atoms with Gasteiger partial charge in [-0.2, -0.15) is 5.26 Å². The molecule has 2 nitrogen and oxygen atoms in total. The predicted octanol–water partition coefficient (Wildman–Crippen LogP) is 1.69. The van der Waals surface area contributed by atoms with Crippen LogP contribution >= 0.6 is 11.3 Å². The summed E-state index contributed by atoms with van der Waals surface area (Å²) in [7, 11) is 0. The van der Waals surface area contributed by atoms with Gasteiger partial charge in [0, 0.05) is 4.88 Å². The van der Waals surface area contributed by atoms with E-state index in [2.05, 4.69) is 6.07 Å². The number of nitrogen functional groups attached to an aromatic ring is 1. The molecule has 0 atom stereocenters. The zero-order valence-corrected chi connectivity index (χ0v) is 6.87. The molecule has 0 bridgehead atoms. The summed E-state index contributed by atoms with van der Waals surface area (Å²) in [6.45, 7) is 0. The second-order valence-corrected chi connectivity index (χ2v) is 3.82. The summed E-state index contributed by atoms with van der Waals surface area (Å²) in [5.41, 5.74) is 7.74. The molecule has 2 rings (SSSR count). The van der Waals surface area contributed by atoms with E-state index in [-0.39, 0.29) is 0 Å². The van der Waals surface area contributed by atoms with Crippen molar-refractivity contribution in [3.63, 3.8) is 0 Å². The number of thiophene rings is 1. The van der Waals surface area contributed by atoms with Crippen LogP contribution in [0.5, 0.6) is 0 Å². The van der Waals surface area contributed by atoms with E-state index in [1.54, 1.807) is 11.3 Å². The molecule has 2 N–H and O–H groups in total. The predicted molar refractivity (Wildman–Crippen MR) is 45.5 cm³/mol. The zero-order valence-electron chi connectivity index (χ0n) is 6.05. The van der Waals surface area contributed by atoms with E-state index < -0.39 is 0 Å². The summed E-state index contributed by atoms with van der Waals surface area (Å²) in [5.74, 6) is 0. The summed E-state index contributed by atoms with van der Waals surface area (Å²) in [4.78, 5) is 2.04. The highest BCUT2D eigenvalue weighted by Crippen LogP contribution is 2.36. The highest BCUT2D eigenvalue weighted by atomic mass is 32.1. The molecule has 0 spiro atoms. The van der Waals surface area contributed by atoms with Crippen molar-refractivity contribution >= 4 is 17.0 Å². The van der Waals surface area contributed by atoms with Crippen LogP contribution in [0.3, 0.4) is 0 Å². The van der Waals surface area contributed by atoms with E-state index in [9.17, 15) is 0 Å². The van der Waals surface area contributed by atoms with Gasteiger partial charge in [-0.05, 0) is 24.8 Å². The van der Waals surface area contributed by atoms with Crippen molar-refractivity contribution in [3.8, 4) is 6.07 Å². The Morgan fingerprint density at radius 1 is 1.45 bits per heavy atom. The molecule has 0 saturated carbocycles. The SMILES string of the molecule is N#Cc1sc2c(c1N)CCC2. The van der Waals surface area contributed by atoms with Crippen LogP contribution in [-0.2, 0) is 12.8 Å². The fourth-order valence-corrected chi connectivity index (χ4v) is 2.62. The van der Waals surface area contributed by atoms with Gasteiger partial charge >= 0.3 is 0 Å². The van der Waals surface area contributed by atoms with E-state index in [0.29, 0.717) is 4.88 Å². The van der Waals surface area contributed by atoms with Crippen molar-refractivity contribution in [2.24, 2.45) is 0 Å². The van der Waals surface area contributed by atoms with Crippen molar-refractivity contribution in [1.82, 2.24) is 0 Å². The molecule has 3 heteroatoms. The lowest BCUT2D eigenvalue weighted by atomic mass is 10.2. The summed E-state index contributed by atoms with van der Waals surface area (Å²) in [6.07, 6.45) is 3.39. The van der Waals surface area contributed by atoms with Crippen molar-refractivity contribution in [2.45, 2.75) is 19.3 Å². The standard InChI is InChI=1S/C8H8N2S/c9-4-7-8(10)5-2-1-3-6(5)11-7/h1-3,10H2. The fraction of sp³-hybridized carbons (Fsp3) is 0.375. The first-order chi connectivity index (χ1) is 5.33. The van der Waals surface area contributed by atoms with Crippen molar-refractivity contribution in [1.29, 1.82) is 5.26 Å². The third-order valence-corrected chi connectivity index (χ3v) is 3.28. The van der Waals surface area contributed by atoms with Gasteiger partial charge in [0.2, 0.25) is 0 Å². The van der Waals surface area contributed by atoms with Gasteiger partial charge in [-0.1, -0.05) is 0 Å². The molecule has 0 unspecified atom stereocenters. The maximum atomic E-state index is 8.66. The fourth-order valence-electron chi connectivity index (χ4n) is 1.51. The Balaban J connectivity index is 2.60. The van der Waals surface area contributed by atoms with Gasteiger partial charge in [-0.25, -0.2) is 0 Å². The Morgan fingerprint density at radius 2 is 2.27 bits per heavy atom. The maximum Gasteiger partial charge on any atom is 0.128 e. The van der Waals surface area contributed by atoms with E-state index in [4.69, 9.17) is 11.0 Å². The van der Waals surface area contributed by atoms with Gasteiger partial charge in [-0.15, -0.1) is 11.3 Å². The summed E-state index contributed by atoms with van der Waals surface area (Å²) >= 11 is 1.56. The Hall–Kier alpha value is -1.01. The molecule has 1 aliphatic rings. The molecule has 1 heterocycles. The minimum atomic E-state index is 0.703. The molecule has 0 saturated heterocycles. The van der Waals surface area contributed by atoms with E-state index in [1.165, 1.54) is 16.9 Å². The minimum Gasteiger partial charge on any atom is -0.397 e. The first kappa shape index (κ1) is 6.68. The van der Waals surface area contributed by atoms with Crippen molar-refractivity contribution in [3.05, 3.63) is 15.3 Å². The van der Waals surface area contributed by atoms with Crippen LogP contribution in [0.25, 0.3) is 0 Å². The summed E-state index contributed by atoms with van der Waals surface area (Å²) < 4.78 is 0. The number of aryl methyl sites for hydroxylation is 1. The van der Waals surface area contributed by atoms with Crippen LogP contribution in [0.4, 0.5) is 5.69 Å². The third-order valence-electron chi connectivity index (χ3n) is 2.06. The van der Waals surface area contributed by atoms with Crippen LogP contribution in [0.2, 0.25) is 0 Å². The van der Waals surface area contributed by atoms with Gasteiger partial charge in [0.1, 0.15) is 10.9 Å². The number of anilines is 1. The van der Waals surface area contributed by atoms with Gasteiger partial charge < -0.3 is 5.73 Å². The lowest BCUT2D eigenvalue weighted by Gasteiger charge is -1.90. The number of nitrogens with two attached hydrogens (primary N) is 1. The maximum absolute atomic E-state index is 8.66. The second kappa shape index (κ2) is 2.24. The molecule has 0 fully saturated rings. The lowest BCUT2D eigenvalue weighted by Crippen LogP contribution is -1.89. The molecular formula is C8H8N2S. The number of hydrogen-bond acceptors (Lipinski definition) is 3. The lowest BCUT2D eigenvalue weighted by molar-refractivity contribution is 0.915. The van der Waals surface area contributed by atoms with Gasteiger partial charge in [0.25, 0.3) is 0 Å². The molecule has 56 valence electrons. The molecule has 1 aromatic heterocycles. The van der Waals surface area contributed by atoms with E-state index in [1.807, 2.05) is 0 Å². The number of nitriles is 1. The highest BCUT2D eigenvalue weighted by molar-refractivity contribution is 7.13. The molecule has 11 heavy (non-hydrogen) atoms. The molecular weight excluding hydrogens is 156 g/mol. The third kappa shape index (κ3) is 0.831. The van der Waals surface area contributed by atoms with Gasteiger partial charge in [-0.3, -0.25) is 0 Å². The number of fused-ring (bicyclic) bond motifs is 1. The molecule has 0 radical (unpaired) electrons. The average Bonchev–Trinajstić information content (AvgIpc) is 2.53. The Labute approximate surface area is 69.3 Å². The molecule has 1 aliphatic carbocycles. The molecule has 0 aliphatic heterocycles. The zero-order chi connectivity index (χ0) is 7.84. The van der Waals surface area contributed by atoms with E-state index >= 15 is 0 Å². The van der Waals surface area contributed by atoms with Crippen LogP contribution in [0.15, 0.2) is 0 Å². The average molecular weight is 164 g/mol. The highest BCUT2D eigenvalue weighted by Gasteiger charge is 2.19. The Morgan fingerprint density at radius 3 is 2.91 bits per heavy atom. The second-order valence-electron chi connectivity index (χ2n) is 2.71. The van der Waals surface area contributed by atoms with Gasteiger partial charge in [0.05, 0.1) is 5.69 Å². The number of rotatable bonds is 0. The Bertz CT molecular complexity index is 333. The smallest absolute Gasteiger partial charge is 0.128 e. The van der Waals surface area contributed by atoms with Crippen LogP contribution in [-0.4, -0.2) is 0 Å². The minimum absolute atomic E-state index is 0.703. The quantitative estimate of drug-likeness (QED) is 0.634. The number of nitrogens with zero attached hydrogens (tertiary/aromatic N) is 1. The van der Waals surface area contributed by atoms with Crippen LogP contribution in [0.1, 0.15) is 21.7 Å². The van der Waals surface area contributed by atoms with Crippen molar-refractivity contribution < 1.29 is 0 Å². The monoisotopic (exact) mass is 164 g/mol. The normalized spacial score (nSPS) is 14.5. The van der Waals surface area contributed by atoms with E-state index in [0.717, 1.165) is 18.5 Å². The first-order valence-electron chi connectivity index (χ1n) is 3.63. The van der Waals surface area contributed by atoms with Crippen molar-refractivity contribution in [2.75, 3.05) is 5.73 Å². The van der Waals surface area contributed by atoms with Crippen LogP contribution in [0, 0.1) is 11.3 Å². The summed E-state index contributed by atoms with van der Waals surface area (Å²) in [6, 6.07) is 2.12. The largest absolute Gasteiger partial charge is 0.397 e. The summed E-state index contributed by atoms with van der Waals surface area (Å²) in [5, 5.41) is 8.66. The number of hydrogen-bond donors (Lipinski definition) is 1. The van der Waals surface area contributed by atoms with Crippen LogP contribution < -0.4 is 5.73 Å².